The summed E-state index contributed by atoms with van der Waals surface area (Å²) < 4.78 is 0. The third-order valence-corrected chi connectivity index (χ3v) is 6.67. The van der Waals surface area contributed by atoms with E-state index < -0.39 is 0 Å². The van der Waals surface area contributed by atoms with E-state index in [9.17, 15) is 9.59 Å². The summed E-state index contributed by atoms with van der Waals surface area (Å²) in [4.78, 5) is 24.6. The molecule has 0 atom stereocenters. The van der Waals surface area contributed by atoms with Crippen molar-refractivity contribution in [3.63, 3.8) is 0 Å². The lowest BCUT2D eigenvalue weighted by Gasteiger charge is -2.09. The molecule has 0 aromatic heterocycles. The van der Waals surface area contributed by atoms with E-state index in [0.29, 0.717) is 26.2 Å². The second kappa shape index (κ2) is 13.1. The van der Waals surface area contributed by atoms with Crippen LogP contribution in [0, 0.1) is 0 Å². The number of urea groups is 2. The number of nitrogens with one attached hydrogen (secondary N) is 4. The Kier molecular flexibility index (Phi) is 8.69. The van der Waals surface area contributed by atoms with Crippen LogP contribution in [-0.4, -0.2) is 12.1 Å². The van der Waals surface area contributed by atoms with Gasteiger partial charge in [-0.25, -0.2) is 9.59 Å². The fourth-order valence-electron chi connectivity index (χ4n) is 4.23. The first-order valence-electron chi connectivity index (χ1n) is 13.3. The van der Waals surface area contributed by atoms with E-state index in [0.717, 1.165) is 44.5 Å². The van der Waals surface area contributed by atoms with E-state index in [1.165, 1.54) is 0 Å². The number of carbonyl (C=O) groups excluding carboxylic acids is 2. The molecule has 0 fully saturated rings. The zero-order valence-corrected chi connectivity index (χ0v) is 22.2. The van der Waals surface area contributed by atoms with Crippen molar-refractivity contribution in [1.29, 1.82) is 0 Å². The van der Waals surface area contributed by atoms with Crippen molar-refractivity contribution in [3.8, 4) is 0 Å². The monoisotopic (exact) mass is 528 g/mol. The Morgan fingerprint density at radius 1 is 0.325 bits per heavy atom. The van der Waals surface area contributed by atoms with Gasteiger partial charge in [0.25, 0.3) is 0 Å². The van der Waals surface area contributed by atoms with E-state index in [-0.39, 0.29) is 12.1 Å². The molecule has 7 heterocycles. The minimum atomic E-state index is -0.200. The molecule has 6 heteroatoms. The Labute approximate surface area is 234 Å². The lowest BCUT2D eigenvalue weighted by molar-refractivity contribution is 0.239. The highest BCUT2D eigenvalue weighted by molar-refractivity contribution is 5.75. The van der Waals surface area contributed by atoms with Crippen molar-refractivity contribution in [1.82, 2.24) is 21.3 Å². The first-order chi connectivity index (χ1) is 19.6. The smallest absolute Gasteiger partial charge is 0.315 e. The van der Waals surface area contributed by atoms with Gasteiger partial charge in [-0.05, 0) is 44.5 Å². The molecule has 7 aliphatic heterocycles. The lowest BCUT2D eigenvalue weighted by atomic mass is 10.1. The molecule has 0 spiro atoms. The van der Waals surface area contributed by atoms with Crippen LogP contribution in [0.5, 0.6) is 0 Å². The Bertz CT molecular complexity index is 1260. The molecule has 0 saturated carbocycles. The summed E-state index contributed by atoms with van der Waals surface area (Å²) in [6.07, 6.45) is 8.21. The van der Waals surface area contributed by atoms with Crippen LogP contribution in [0.4, 0.5) is 9.59 Å². The molecular weight excluding hydrogens is 496 g/mol. The Morgan fingerprint density at radius 3 is 0.725 bits per heavy atom. The van der Waals surface area contributed by atoms with Crippen LogP contribution in [0.3, 0.4) is 0 Å². The summed E-state index contributed by atoms with van der Waals surface area (Å²) in [5.41, 5.74) is 8.40. The predicted molar refractivity (Wildman–Crippen MR) is 162 cm³/mol. The summed E-state index contributed by atoms with van der Waals surface area (Å²) in [7, 11) is 0. The van der Waals surface area contributed by atoms with Crippen molar-refractivity contribution in [3.05, 3.63) is 142 Å². The van der Waals surface area contributed by atoms with Gasteiger partial charge in [-0.3, -0.25) is 0 Å². The molecule has 7 aliphatic rings. The average molecular weight is 529 g/mol. The van der Waals surface area contributed by atoms with Crippen LogP contribution in [0.2, 0.25) is 0 Å². The lowest BCUT2D eigenvalue weighted by Crippen LogP contribution is -2.34. The molecule has 200 valence electrons. The highest BCUT2D eigenvalue weighted by atomic mass is 16.2. The normalized spacial score (nSPS) is 15.9. The van der Waals surface area contributed by atoms with Gasteiger partial charge >= 0.3 is 12.1 Å². The number of rotatable bonds is 0. The SMILES string of the molecule is O=C1NCc2ccc(cc2)/C=C\c2ccc(cc2)CNC(=O)NCc2ccc(cc2)/C=C\c2ccc(cc2)CN1. The van der Waals surface area contributed by atoms with Crippen molar-refractivity contribution >= 4 is 36.4 Å². The van der Waals surface area contributed by atoms with Gasteiger partial charge in [-0.15, -0.1) is 0 Å². The van der Waals surface area contributed by atoms with Crippen LogP contribution in [0.15, 0.2) is 97.1 Å². The number of hydrogen-bond acceptors (Lipinski definition) is 2. The highest BCUT2D eigenvalue weighted by Gasteiger charge is 2.03. The van der Waals surface area contributed by atoms with E-state index in [1.807, 2.05) is 97.1 Å². The van der Waals surface area contributed by atoms with Crippen LogP contribution in [0.1, 0.15) is 44.5 Å². The highest BCUT2D eigenvalue weighted by Crippen LogP contribution is 2.13. The zero-order chi connectivity index (χ0) is 27.6. The predicted octanol–water partition coefficient (Wildman–Crippen LogP) is 6.34. The molecule has 4 aromatic carbocycles. The molecular formula is C34H32N4O2. The molecule has 4 aromatic rings. The maximum absolute atomic E-state index is 12.3. The summed E-state index contributed by atoms with van der Waals surface area (Å²) in [5.74, 6) is 0. The van der Waals surface area contributed by atoms with E-state index in [4.69, 9.17) is 0 Å². The molecule has 4 amide bonds. The van der Waals surface area contributed by atoms with E-state index in [2.05, 4.69) is 45.6 Å². The third kappa shape index (κ3) is 7.95. The minimum Gasteiger partial charge on any atom is -0.334 e. The van der Waals surface area contributed by atoms with Crippen LogP contribution < -0.4 is 21.3 Å². The number of hydrogen-bond donors (Lipinski definition) is 4. The first-order valence-corrected chi connectivity index (χ1v) is 13.3. The Balaban J connectivity index is 1.28. The van der Waals surface area contributed by atoms with Crippen molar-refractivity contribution < 1.29 is 9.59 Å². The molecule has 11 rings (SSSR count). The molecule has 6 nitrogen and oxygen atoms in total. The molecule has 40 heavy (non-hydrogen) atoms. The third-order valence-electron chi connectivity index (χ3n) is 6.67. The molecule has 0 unspecified atom stereocenters. The maximum atomic E-state index is 12.3. The van der Waals surface area contributed by atoms with Gasteiger partial charge in [0, 0.05) is 26.2 Å². The van der Waals surface area contributed by atoms with Gasteiger partial charge in [0.15, 0.2) is 0 Å². The number of amides is 4. The fraction of sp³-hybridized carbons (Fsp3) is 0.118. The zero-order valence-electron chi connectivity index (χ0n) is 22.2. The van der Waals surface area contributed by atoms with Gasteiger partial charge in [0.05, 0.1) is 0 Å². The van der Waals surface area contributed by atoms with Gasteiger partial charge in [0.2, 0.25) is 0 Å². The topological polar surface area (TPSA) is 82.3 Å². The maximum Gasteiger partial charge on any atom is 0.315 e. The standard InChI is InChI=1S/C34H32N4O2/c39-33-35-21-29-13-5-25(6-14-29)1-2-26-7-15-30(16-8-26)22-36-34(40)38-24-32-19-11-28(12-20-32)4-3-27-9-17-31(18-10-27)23-37-33/h1-20H,21-24H2,(H2,35,37,39)(H2,36,38,40)/b2-1-,4-3-. The summed E-state index contributed by atoms with van der Waals surface area (Å²) >= 11 is 0. The van der Waals surface area contributed by atoms with E-state index >= 15 is 0 Å². The summed E-state index contributed by atoms with van der Waals surface area (Å²) in [5, 5.41) is 11.7. The Morgan fingerprint density at radius 2 is 0.525 bits per heavy atom. The van der Waals surface area contributed by atoms with Crippen molar-refractivity contribution in [2.75, 3.05) is 0 Å². The largest absolute Gasteiger partial charge is 0.334 e. The van der Waals surface area contributed by atoms with Crippen LogP contribution >= 0.6 is 0 Å². The summed E-state index contributed by atoms with van der Waals surface area (Å²) in [6.45, 7) is 1.81. The van der Waals surface area contributed by atoms with Crippen molar-refractivity contribution in [2.45, 2.75) is 26.2 Å². The number of carbonyl (C=O) groups is 2. The van der Waals surface area contributed by atoms with Gasteiger partial charge in [0.1, 0.15) is 0 Å². The second-order valence-electron chi connectivity index (χ2n) is 9.71. The van der Waals surface area contributed by atoms with Crippen molar-refractivity contribution in [2.24, 2.45) is 0 Å². The second-order valence-corrected chi connectivity index (χ2v) is 9.71. The average Bonchev–Trinajstić information content (AvgIpc) is 3.00. The van der Waals surface area contributed by atoms with Gasteiger partial charge < -0.3 is 21.3 Å². The first kappa shape index (κ1) is 26.5. The minimum absolute atomic E-state index is 0.200. The van der Waals surface area contributed by atoms with E-state index in [1.54, 1.807) is 0 Å². The van der Waals surface area contributed by atoms with Gasteiger partial charge in [-0.2, -0.15) is 0 Å². The van der Waals surface area contributed by atoms with Gasteiger partial charge in [-0.1, -0.05) is 121 Å². The summed E-state index contributed by atoms with van der Waals surface area (Å²) in [6, 6.07) is 32.0. The molecule has 8 bridgehead atoms. The molecule has 0 saturated heterocycles. The van der Waals surface area contributed by atoms with Crippen LogP contribution in [0.25, 0.3) is 24.3 Å². The Hall–Kier alpha value is -5.10. The number of benzene rings is 4. The molecule has 0 aliphatic carbocycles. The van der Waals surface area contributed by atoms with Crippen LogP contribution in [-0.2, 0) is 26.2 Å². The quantitative estimate of drug-likeness (QED) is 0.215. The fourth-order valence-corrected chi connectivity index (χ4v) is 4.23. The molecule has 4 N–H and O–H groups in total. The molecule has 0 radical (unpaired) electrons.